The van der Waals surface area contributed by atoms with Crippen LogP contribution in [-0.4, -0.2) is 29.2 Å². The van der Waals surface area contributed by atoms with Crippen molar-refractivity contribution in [1.82, 2.24) is 4.90 Å². The Labute approximate surface area is 103 Å². The number of methoxy groups -OCH3 is 1. The average molecular weight is 235 g/mol. The highest BCUT2D eigenvalue weighted by Crippen LogP contribution is 2.32. The second-order valence-electron chi connectivity index (χ2n) is 5.33. The first kappa shape index (κ1) is 12.2. The molecule has 1 N–H and O–H groups in total. The van der Waals surface area contributed by atoms with Gasteiger partial charge in [-0.1, -0.05) is 0 Å². The molecule has 0 aliphatic carbocycles. The van der Waals surface area contributed by atoms with E-state index in [9.17, 15) is 5.11 Å². The maximum atomic E-state index is 9.88. The third-order valence-corrected chi connectivity index (χ3v) is 3.72. The molecular weight excluding hydrogens is 214 g/mol. The Morgan fingerprint density at radius 1 is 1.41 bits per heavy atom. The van der Waals surface area contributed by atoms with Gasteiger partial charge in [-0.3, -0.25) is 4.90 Å². The van der Waals surface area contributed by atoms with Crippen LogP contribution < -0.4 is 4.74 Å². The summed E-state index contributed by atoms with van der Waals surface area (Å²) in [5, 5.41) is 9.88. The van der Waals surface area contributed by atoms with Crippen molar-refractivity contribution >= 4 is 0 Å². The molecule has 0 radical (unpaired) electrons. The number of phenols is 1. The van der Waals surface area contributed by atoms with Crippen molar-refractivity contribution in [3.05, 3.63) is 23.8 Å². The molecule has 17 heavy (non-hydrogen) atoms. The van der Waals surface area contributed by atoms with E-state index in [0.29, 0.717) is 5.75 Å². The van der Waals surface area contributed by atoms with Crippen LogP contribution in [0.25, 0.3) is 0 Å². The standard InChI is InChI=1S/C14H21NO2/c1-14(2)7-4-8-15(14)10-11-9-12(17-3)5-6-13(11)16/h5-6,9,16H,4,7-8,10H2,1-3H3. The van der Waals surface area contributed by atoms with E-state index in [1.807, 2.05) is 6.07 Å². The lowest BCUT2D eigenvalue weighted by atomic mass is 10.0. The highest BCUT2D eigenvalue weighted by Gasteiger charge is 2.31. The van der Waals surface area contributed by atoms with E-state index in [1.165, 1.54) is 12.8 Å². The Kier molecular flexibility index (Phi) is 3.29. The fourth-order valence-corrected chi connectivity index (χ4v) is 2.48. The maximum Gasteiger partial charge on any atom is 0.120 e. The zero-order chi connectivity index (χ0) is 12.5. The summed E-state index contributed by atoms with van der Waals surface area (Å²) in [6.45, 7) is 6.41. The molecular formula is C14H21NO2. The minimum absolute atomic E-state index is 0.232. The van der Waals surface area contributed by atoms with Crippen LogP contribution in [0.15, 0.2) is 18.2 Å². The topological polar surface area (TPSA) is 32.7 Å². The summed E-state index contributed by atoms with van der Waals surface area (Å²) in [4.78, 5) is 2.42. The molecule has 94 valence electrons. The van der Waals surface area contributed by atoms with Gasteiger partial charge in [0.2, 0.25) is 0 Å². The Balaban J connectivity index is 2.18. The lowest BCUT2D eigenvalue weighted by Gasteiger charge is -2.31. The van der Waals surface area contributed by atoms with Crippen molar-refractivity contribution in [2.75, 3.05) is 13.7 Å². The number of benzene rings is 1. The molecule has 0 spiro atoms. The summed E-state index contributed by atoms with van der Waals surface area (Å²) in [6.07, 6.45) is 2.45. The summed E-state index contributed by atoms with van der Waals surface area (Å²) in [5.41, 5.74) is 1.18. The number of ether oxygens (including phenoxy) is 1. The first-order valence-corrected chi connectivity index (χ1v) is 6.14. The lowest BCUT2D eigenvalue weighted by molar-refractivity contribution is 0.165. The van der Waals surface area contributed by atoms with Gasteiger partial charge in [0.05, 0.1) is 7.11 Å². The van der Waals surface area contributed by atoms with E-state index in [0.717, 1.165) is 24.4 Å². The van der Waals surface area contributed by atoms with E-state index in [2.05, 4.69) is 18.7 Å². The summed E-state index contributed by atoms with van der Waals surface area (Å²) >= 11 is 0. The Hall–Kier alpha value is -1.22. The van der Waals surface area contributed by atoms with Gasteiger partial charge < -0.3 is 9.84 Å². The van der Waals surface area contributed by atoms with Gasteiger partial charge >= 0.3 is 0 Å². The van der Waals surface area contributed by atoms with Crippen molar-refractivity contribution in [1.29, 1.82) is 0 Å². The van der Waals surface area contributed by atoms with Crippen molar-refractivity contribution < 1.29 is 9.84 Å². The largest absolute Gasteiger partial charge is 0.508 e. The molecule has 1 aliphatic rings. The number of likely N-dealkylation sites (tertiary alicyclic amines) is 1. The predicted molar refractivity (Wildman–Crippen MR) is 68.4 cm³/mol. The van der Waals surface area contributed by atoms with Crippen LogP contribution in [0.1, 0.15) is 32.3 Å². The fraction of sp³-hybridized carbons (Fsp3) is 0.571. The van der Waals surface area contributed by atoms with Crippen molar-refractivity contribution in [3.8, 4) is 11.5 Å². The molecule has 1 heterocycles. The molecule has 0 aromatic heterocycles. The molecule has 0 amide bonds. The first-order valence-electron chi connectivity index (χ1n) is 6.14. The Morgan fingerprint density at radius 2 is 2.18 bits per heavy atom. The molecule has 1 aliphatic heterocycles. The van der Waals surface area contributed by atoms with Crippen molar-refractivity contribution in [2.24, 2.45) is 0 Å². The van der Waals surface area contributed by atoms with E-state index in [-0.39, 0.29) is 5.54 Å². The van der Waals surface area contributed by atoms with Gasteiger partial charge in [-0.15, -0.1) is 0 Å². The quantitative estimate of drug-likeness (QED) is 0.874. The third kappa shape index (κ3) is 2.55. The van der Waals surface area contributed by atoms with Crippen LogP contribution >= 0.6 is 0 Å². The fourth-order valence-electron chi connectivity index (χ4n) is 2.48. The zero-order valence-electron chi connectivity index (χ0n) is 10.9. The monoisotopic (exact) mass is 235 g/mol. The van der Waals surface area contributed by atoms with E-state index >= 15 is 0 Å². The second kappa shape index (κ2) is 4.57. The van der Waals surface area contributed by atoms with Crippen LogP contribution in [0.2, 0.25) is 0 Å². The smallest absolute Gasteiger partial charge is 0.120 e. The van der Waals surface area contributed by atoms with Gasteiger partial charge in [-0.25, -0.2) is 0 Å². The van der Waals surface area contributed by atoms with Gasteiger partial charge in [-0.2, -0.15) is 0 Å². The van der Waals surface area contributed by atoms with Gasteiger partial charge in [0.25, 0.3) is 0 Å². The molecule has 0 unspecified atom stereocenters. The average Bonchev–Trinajstić information content (AvgIpc) is 2.61. The molecule has 3 heteroatoms. The number of hydrogen-bond donors (Lipinski definition) is 1. The van der Waals surface area contributed by atoms with Gasteiger partial charge in [0.15, 0.2) is 0 Å². The van der Waals surface area contributed by atoms with E-state index in [1.54, 1.807) is 19.2 Å². The summed E-state index contributed by atoms with van der Waals surface area (Å²) in [7, 11) is 1.65. The molecule has 1 aromatic rings. The Morgan fingerprint density at radius 3 is 2.76 bits per heavy atom. The Bertz CT molecular complexity index is 401. The maximum absolute atomic E-state index is 9.88. The molecule has 0 bridgehead atoms. The predicted octanol–water partition coefficient (Wildman–Crippen LogP) is 2.78. The molecule has 3 nitrogen and oxygen atoms in total. The van der Waals surface area contributed by atoms with Crippen LogP contribution in [0.4, 0.5) is 0 Å². The third-order valence-electron chi connectivity index (χ3n) is 3.72. The highest BCUT2D eigenvalue weighted by atomic mass is 16.5. The molecule has 1 aromatic carbocycles. The van der Waals surface area contributed by atoms with E-state index < -0.39 is 0 Å². The van der Waals surface area contributed by atoms with Crippen LogP contribution in [0.3, 0.4) is 0 Å². The summed E-state index contributed by atoms with van der Waals surface area (Å²) in [6, 6.07) is 5.41. The summed E-state index contributed by atoms with van der Waals surface area (Å²) in [5.74, 6) is 1.16. The van der Waals surface area contributed by atoms with Crippen molar-refractivity contribution in [2.45, 2.75) is 38.8 Å². The van der Waals surface area contributed by atoms with Crippen LogP contribution in [-0.2, 0) is 6.54 Å². The minimum Gasteiger partial charge on any atom is -0.508 e. The number of rotatable bonds is 3. The molecule has 0 saturated carbocycles. The minimum atomic E-state index is 0.232. The highest BCUT2D eigenvalue weighted by molar-refractivity contribution is 5.39. The van der Waals surface area contributed by atoms with Gasteiger partial charge in [0.1, 0.15) is 11.5 Å². The van der Waals surface area contributed by atoms with Gasteiger partial charge in [0, 0.05) is 17.6 Å². The lowest BCUT2D eigenvalue weighted by Crippen LogP contribution is -2.37. The van der Waals surface area contributed by atoms with Crippen LogP contribution in [0.5, 0.6) is 11.5 Å². The second-order valence-corrected chi connectivity index (χ2v) is 5.33. The number of hydrogen-bond acceptors (Lipinski definition) is 3. The van der Waals surface area contributed by atoms with E-state index in [4.69, 9.17) is 4.74 Å². The molecule has 1 saturated heterocycles. The van der Waals surface area contributed by atoms with Gasteiger partial charge in [-0.05, 0) is 51.4 Å². The number of phenolic OH excluding ortho intramolecular Hbond substituents is 1. The molecule has 2 rings (SSSR count). The summed E-state index contributed by atoms with van der Waals surface area (Å²) < 4.78 is 5.20. The zero-order valence-corrected chi connectivity index (χ0v) is 10.9. The molecule has 0 atom stereocenters. The number of nitrogens with zero attached hydrogens (tertiary/aromatic N) is 1. The molecule has 1 fully saturated rings. The number of aromatic hydroxyl groups is 1. The first-order chi connectivity index (χ1) is 8.03. The van der Waals surface area contributed by atoms with Crippen LogP contribution in [0, 0.1) is 0 Å². The SMILES string of the molecule is COc1ccc(O)c(CN2CCCC2(C)C)c1. The normalized spacial score (nSPS) is 19.5. The van der Waals surface area contributed by atoms with Crippen molar-refractivity contribution in [3.63, 3.8) is 0 Å².